The number of amides is 2. The van der Waals surface area contributed by atoms with E-state index in [0.29, 0.717) is 23.6 Å². The first-order chi connectivity index (χ1) is 15.4. The van der Waals surface area contributed by atoms with Gasteiger partial charge in [0.05, 0.1) is 22.9 Å². The normalized spacial score (nSPS) is 15.4. The Morgan fingerprint density at radius 3 is 2.62 bits per heavy atom. The van der Waals surface area contributed by atoms with Crippen LogP contribution in [0.3, 0.4) is 0 Å². The van der Waals surface area contributed by atoms with Crippen molar-refractivity contribution in [1.82, 2.24) is 15.1 Å². The molecule has 1 atom stereocenters. The van der Waals surface area contributed by atoms with E-state index in [1.807, 2.05) is 43.3 Å². The fourth-order valence-corrected chi connectivity index (χ4v) is 3.83. The number of nitrogens with one attached hydrogen (secondary N) is 2. The highest BCUT2D eigenvalue weighted by atomic mass is 16.4. The molecule has 0 radical (unpaired) electrons. The van der Waals surface area contributed by atoms with Crippen LogP contribution in [-0.2, 0) is 16.0 Å². The molecule has 2 aromatic carbocycles. The third-order valence-electron chi connectivity index (χ3n) is 5.38. The molecule has 3 aromatic rings. The first kappa shape index (κ1) is 21.3. The van der Waals surface area contributed by atoms with E-state index in [-0.39, 0.29) is 23.8 Å². The highest BCUT2D eigenvalue weighted by Gasteiger charge is 2.28. The second-order valence-electron chi connectivity index (χ2n) is 7.83. The van der Waals surface area contributed by atoms with E-state index in [2.05, 4.69) is 15.7 Å². The van der Waals surface area contributed by atoms with Crippen LogP contribution in [0, 0.1) is 5.92 Å². The minimum Gasteiger partial charge on any atom is -0.478 e. The highest BCUT2D eigenvalue weighted by molar-refractivity contribution is 5.97. The number of anilines is 1. The molecule has 32 heavy (non-hydrogen) atoms. The Bertz CT molecular complexity index is 1170. The average molecular weight is 432 g/mol. The predicted molar refractivity (Wildman–Crippen MR) is 120 cm³/mol. The minimum absolute atomic E-state index is 0.144. The van der Waals surface area contributed by atoms with Gasteiger partial charge in [0.1, 0.15) is 0 Å². The lowest BCUT2D eigenvalue weighted by molar-refractivity contribution is -0.123. The van der Waals surface area contributed by atoms with Crippen molar-refractivity contribution in [2.45, 2.75) is 26.2 Å². The molecule has 3 N–H and O–H groups in total. The maximum absolute atomic E-state index is 12.6. The molecule has 164 valence electrons. The maximum atomic E-state index is 12.6. The van der Waals surface area contributed by atoms with Crippen LogP contribution in [0.1, 0.15) is 35.7 Å². The first-order valence-electron chi connectivity index (χ1n) is 10.5. The summed E-state index contributed by atoms with van der Waals surface area (Å²) in [6, 6.07) is 16.4. The summed E-state index contributed by atoms with van der Waals surface area (Å²) in [6.45, 7) is 2.34. The van der Waals surface area contributed by atoms with Crippen molar-refractivity contribution < 1.29 is 19.5 Å². The fourth-order valence-electron chi connectivity index (χ4n) is 3.83. The van der Waals surface area contributed by atoms with Gasteiger partial charge in [-0.05, 0) is 42.3 Å². The zero-order valence-electron chi connectivity index (χ0n) is 17.7. The van der Waals surface area contributed by atoms with E-state index in [9.17, 15) is 19.5 Å². The zero-order chi connectivity index (χ0) is 22.7. The monoisotopic (exact) mass is 432 g/mol. The van der Waals surface area contributed by atoms with Crippen LogP contribution >= 0.6 is 0 Å². The van der Waals surface area contributed by atoms with E-state index >= 15 is 0 Å². The number of aryl methyl sites for hydroxylation is 1. The van der Waals surface area contributed by atoms with Crippen molar-refractivity contribution in [3.05, 3.63) is 65.7 Å². The number of rotatable bonds is 7. The number of hydrogen-bond acceptors (Lipinski definition) is 4. The van der Waals surface area contributed by atoms with Gasteiger partial charge in [0.15, 0.2) is 5.82 Å². The Kier molecular flexibility index (Phi) is 6.02. The summed E-state index contributed by atoms with van der Waals surface area (Å²) in [5.74, 6) is -1.53. The largest absolute Gasteiger partial charge is 0.478 e. The van der Waals surface area contributed by atoms with Crippen LogP contribution in [0.5, 0.6) is 0 Å². The zero-order valence-corrected chi connectivity index (χ0v) is 17.7. The van der Waals surface area contributed by atoms with E-state index in [0.717, 1.165) is 24.1 Å². The number of carboxylic acid groups (broad SMARTS) is 1. The number of carboxylic acids is 1. The number of hydrogen-bond donors (Lipinski definition) is 3. The summed E-state index contributed by atoms with van der Waals surface area (Å²) >= 11 is 0. The molecule has 1 aromatic heterocycles. The molecule has 0 aliphatic carbocycles. The Hall–Kier alpha value is -3.94. The molecule has 1 saturated heterocycles. The van der Waals surface area contributed by atoms with Crippen molar-refractivity contribution in [2.75, 3.05) is 11.9 Å². The number of aromatic carboxylic acids is 1. The number of nitrogens with zero attached hydrogens (tertiary/aromatic N) is 2. The molecule has 8 nitrogen and oxygen atoms in total. The molecule has 1 fully saturated rings. The second-order valence-corrected chi connectivity index (χ2v) is 7.83. The predicted octanol–water partition coefficient (Wildman–Crippen LogP) is 3.26. The molecule has 0 bridgehead atoms. The molecule has 0 saturated carbocycles. The van der Waals surface area contributed by atoms with Crippen LogP contribution in [-0.4, -0.2) is 39.2 Å². The summed E-state index contributed by atoms with van der Waals surface area (Å²) in [7, 11) is 0. The van der Waals surface area contributed by atoms with Crippen molar-refractivity contribution >= 4 is 23.6 Å². The molecule has 2 amide bonds. The maximum Gasteiger partial charge on any atom is 0.335 e. The van der Waals surface area contributed by atoms with E-state index in [1.54, 1.807) is 22.9 Å². The van der Waals surface area contributed by atoms with Gasteiger partial charge >= 0.3 is 5.97 Å². The van der Waals surface area contributed by atoms with Crippen molar-refractivity contribution in [3.63, 3.8) is 0 Å². The molecule has 2 heterocycles. The van der Waals surface area contributed by atoms with Gasteiger partial charge in [-0.1, -0.05) is 31.5 Å². The number of carbonyl (C=O) groups is 3. The van der Waals surface area contributed by atoms with Crippen LogP contribution in [0.15, 0.2) is 54.6 Å². The van der Waals surface area contributed by atoms with Crippen molar-refractivity contribution in [1.29, 1.82) is 0 Å². The van der Waals surface area contributed by atoms with Gasteiger partial charge in [0.25, 0.3) is 0 Å². The van der Waals surface area contributed by atoms with Crippen LogP contribution in [0.4, 0.5) is 5.82 Å². The Labute approximate surface area is 185 Å². The summed E-state index contributed by atoms with van der Waals surface area (Å²) in [4.78, 5) is 35.8. The highest BCUT2D eigenvalue weighted by Crippen LogP contribution is 2.29. The van der Waals surface area contributed by atoms with Gasteiger partial charge in [-0.3, -0.25) is 9.59 Å². The van der Waals surface area contributed by atoms with E-state index in [4.69, 9.17) is 0 Å². The number of para-hydroxylation sites is 1. The first-order valence-corrected chi connectivity index (χ1v) is 10.5. The quantitative estimate of drug-likeness (QED) is 0.530. The van der Waals surface area contributed by atoms with Crippen molar-refractivity contribution in [3.8, 4) is 16.9 Å². The lowest BCUT2D eigenvalue weighted by Gasteiger charge is -2.10. The molecular formula is C24H24N4O4. The summed E-state index contributed by atoms with van der Waals surface area (Å²) < 4.78 is 1.68. The van der Waals surface area contributed by atoms with Crippen LogP contribution in [0.25, 0.3) is 16.9 Å². The molecule has 1 aliphatic heterocycles. The topological polar surface area (TPSA) is 113 Å². The number of aromatic nitrogens is 2. The molecule has 1 aliphatic rings. The Morgan fingerprint density at radius 2 is 1.97 bits per heavy atom. The van der Waals surface area contributed by atoms with Gasteiger partial charge in [-0.25, -0.2) is 9.48 Å². The number of benzene rings is 2. The third-order valence-corrected chi connectivity index (χ3v) is 5.38. The Balaban J connectivity index is 1.76. The SMILES string of the molecule is CCCc1cc(C(=O)O)cc(-c2cc(NC(=O)[C@H]3CNC(=O)C3)nn2-c2ccccc2)c1. The average Bonchev–Trinajstić information content (AvgIpc) is 3.41. The molecule has 8 heteroatoms. The van der Waals surface area contributed by atoms with E-state index in [1.165, 1.54) is 0 Å². The summed E-state index contributed by atoms with van der Waals surface area (Å²) in [6.07, 6.45) is 1.79. The molecular weight excluding hydrogens is 408 g/mol. The van der Waals surface area contributed by atoms with E-state index < -0.39 is 11.9 Å². The standard InChI is InChI=1S/C24H24N4O4/c1-2-6-15-9-16(11-17(10-15)24(31)32)20-13-21(26-23(30)18-12-22(29)25-14-18)27-28(20)19-7-4-3-5-8-19/h3-5,7-11,13,18H,2,6,12,14H2,1H3,(H,25,29)(H,31,32)(H,26,27,30)/t18-/m1/s1. The smallest absolute Gasteiger partial charge is 0.335 e. The molecule has 0 spiro atoms. The van der Waals surface area contributed by atoms with Crippen molar-refractivity contribution in [2.24, 2.45) is 5.92 Å². The van der Waals surface area contributed by atoms with Gasteiger partial charge in [0, 0.05) is 24.6 Å². The van der Waals surface area contributed by atoms with Gasteiger partial charge < -0.3 is 15.7 Å². The molecule has 4 rings (SSSR count). The number of carbonyl (C=O) groups excluding carboxylic acids is 2. The lowest BCUT2D eigenvalue weighted by atomic mass is 10.0. The fraction of sp³-hybridized carbons (Fsp3) is 0.250. The van der Waals surface area contributed by atoms with Gasteiger partial charge in [0.2, 0.25) is 11.8 Å². The van der Waals surface area contributed by atoms with Crippen LogP contribution < -0.4 is 10.6 Å². The van der Waals surface area contributed by atoms with Gasteiger partial charge in [-0.2, -0.15) is 0 Å². The molecule has 0 unspecified atom stereocenters. The summed E-state index contributed by atoms with van der Waals surface area (Å²) in [5.41, 5.74) is 3.26. The second kappa shape index (κ2) is 9.05. The third kappa shape index (κ3) is 4.54. The van der Waals surface area contributed by atoms with Crippen LogP contribution in [0.2, 0.25) is 0 Å². The van der Waals surface area contributed by atoms with Gasteiger partial charge in [-0.15, -0.1) is 5.10 Å². The lowest BCUT2D eigenvalue weighted by Crippen LogP contribution is -2.24. The summed E-state index contributed by atoms with van der Waals surface area (Å²) in [5, 5.41) is 19.6. The Morgan fingerprint density at radius 1 is 1.19 bits per heavy atom. The minimum atomic E-state index is -0.998.